The number of amides is 1. The van der Waals surface area contributed by atoms with Crippen molar-refractivity contribution in [3.05, 3.63) is 29.3 Å². The lowest BCUT2D eigenvalue weighted by atomic mass is 10.1. The Kier molecular flexibility index (Phi) is 2.88. The second-order valence-corrected chi connectivity index (χ2v) is 2.84. The number of halogens is 3. The summed E-state index contributed by atoms with van der Waals surface area (Å²) in [5.74, 6) is -0.640. The summed E-state index contributed by atoms with van der Waals surface area (Å²) >= 11 is 0. The van der Waals surface area contributed by atoms with Crippen LogP contribution < -0.4 is 11.1 Å². The van der Waals surface area contributed by atoms with Crippen molar-refractivity contribution in [3.8, 4) is 0 Å². The largest absolute Gasteiger partial charge is 0.418 e. The first-order valence-corrected chi connectivity index (χ1v) is 4.05. The zero-order chi connectivity index (χ0) is 11.6. The molecule has 1 aromatic carbocycles. The number of carbonyl (C=O) groups excluding carboxylic acids is 1. The van der Waals surface area contributed by atoms with Gasteiger partial charge >= 0.3 is 6.18 Å². The summed E-state index contributed by atoms with van der Waals surface area (Å²) in [5.41, 5.74) is 3.54. The Morgan fingerprint density at radius 1 is 1.40 bits per heavy atom. The van der Waals surface area contributed by atoms with Gasteiger partial charge in [-0.2, -0.15) is 13.2 Å². The maximum Gasteiger partial charge on any atom is 0.418 e. The molecule has 1 rings (SSSR count). The number of benzene rings is 1. The van der Waals surface area contributed by atoms with E-state index in [9.17, 15) is 18.0 Å². The van der Waals surface area contributed by atoms with E-state index in [2.05, 4.69) is 5.32 Å². The molecule has 82 valence electrons. The van der Waals surface area contributed by atoms with Gasteiger partial charge in [-0.15, -0.1) is 0 Å². The molecule has 6 heteroatoms. The second kappa shape index (κ2) is 3.80. The van der Waals surface area contributed by atoms with Gasteiger partial charge in [0.15, 0.2) is 0 Å². The lowest BCUT2D eigenvalue weighted by molar-refractivity contribution is -0.136. The van der Waals surface area contributed by atoms with E-state index in [1.165, 1.54) is 13.1 Å². The maximum atomic E-state index is 12.4. The number of nitrogen functional groups attached to an aromatic ring is 1. The highest BCUT2D eigenvalue weighted by atomic mass is 19.4. The van der Waals surface area contributed by atoms with Crippen molar-refractivity contribution < 1.29 is 18.0 Å². The first kappa shape index (κ1) is 11.4. The first-order chi connectivity index (χ1) is 6.88. The topological polar surface area (TPSA) is 55.1 Å². The standard InChI is InChI=1S/C9H9F3N2O/c1-14-8(15)5-3-2-4-6(7(5)13)9(10,11)12/h2-4H,13H2,1H3,(H,14,15). The summed E-state index contributed by atoms with van der Waals surface area (Å²) in [6.45, 7) is 0. The Labute approximate surface area is 84.1 Å². The van der Waals surface area contributed by atoms with E-state index in [0.717, 1.165) is 12.1 Å². The van der Waals surface area contributed by atoms with Crippen LogP contribution in [0.15, 0.2) is 18.2 Å². The van der Waals surface area contributed by atoms with E-state index >= 15 is 0 Å². The smallest absolute Gasteiger partial charge is 0.398 e. The van der Waals surface area contributed by atoms with Gasteiger partial charge in [0.05, 0.1) is 16.8 Å². The van der Waals surface area contributed by atoms with Crippen molar-refractivity contribution in [1.82, 2.24) is 5.32 Å². The van der Waals surface area contributed by atoms with E-state index in [0.29, 0.717) is 0 Å². The average Bonchev–Trinajstić information content (AvgIpc) is 2.15. The van der Waals surface area contributed by atoms with Crippen LogP contribution in [0.2, 0.25) is 0 Å². The predicted octanol–water partition coefficient (Wildman–Crippen LogP) is 1.65. The summed E-state index contributed by atoms with van der Waals surface area (Å²) < 4.78 is 37.2. The number of nitrogens with one attached hydrogen (secondary N) is 1. The molecule has 3 nitrogen and oxygen atoms in total. The van der Waals surface area contributed by atoms with Crippen LogP contribution in [0.5, 0.6) is 0 Å². The van der Waals surface area contributed by atoms with Crippen LogP contribution in [0.4, 0.5) is 18.9 Å². The van der Waals surface area contributed by atoms with Crippen LogP contribution in [-0.2, 0) is 6.18 Å². The first-order valence-electron chi connectivity index (χ1n) is 4.05. The summed E-state index contributed by atoms with van der Waals surface area (Å²) in [6, 6.07) is 3.22. The molecule has 0 radical (unpaired) electrons. The van der Waals surface area contributed by atoms with Gasteiger partial charge < -0.3 is 11.1 Å². The van der Waals surface area contributed by atoms with Crippen LogP contribution in [0.3, 0.4) is 0 Å². The monoisotopic (exact) mass is 218 g/mol. The number of nitrogens with two attached hydrogens (primary N) is 1. The van der Waals surface area contributed by atoms with E-state index in [-0.39, 0.29) is 5.56 Å². The SMILES string of the molecule is CNC(=O)c1cccc(C(F)(F)F)c1N. The molecule has 0 aromatic heterocycles. The summed E-state index contributed by atoms with van der Waals surface area (Å²) in [6.07, 6.45) is -4.55. The van der Waals surface area contributed by atoms with Crippen LogP contribution in [0.1, 0.15) is 15.9 Å². The van der Waals surface area contributed by atoms with Crippen LogP contribution in [0, 0.1) is 0 Å². The van der Waals surface area contributed by atoms with Crippen LogP contribution in [-0.4, -0.2) is 13.0 Å². The molecule has 0 aliphatic rings. The minimum Gasteiger partial charge on any atom is -0.398 e. The van der Waals surface area contributed by atoms with Crippen molar-refractivity contribution in [2.24, 2.45) is 0 Å². The summed E-state index contributed by atoms with van der Waals surface area (Å²) in [5, 5.41) is 2.21. The fourth-order valence-electron chi connectivity index (χ4n) is 1.15. The van der Waals surface area contributed by atoms with Crippen molar-refractivity contribution >= 4 is 11.6 Å². The minimum atomic E-state index is -4.55. The van der Waals surface area contributed by atoms with Crippen molar-refractivity contribution in [1.29, 1.82) is 0 Å². The molecule has 0 saturated heterocycles. The molecule has 15 heavy (non-hydrogen) atoms. The van der Waals surface area contributed by atoms with Gasteiger partial charge in [0.1, 0.15) is 0 Å². The zero-order valence-electron chi connectivity index (χ0n) is 7.85. The third-order valence-electron chi connectivity index (χ3n) is 1.88. The quantitative estimate of drug-likeness (QED) is 0.704. The number of rotatable bonds is 1. The molecule has 0 unspecified atom stereocenters. The molecule has 1 amide bonds. The minimum absolute atomic E-state index is 0.174. The molecular formula is C9H9F3N2O. The molecule has 0 heterocycles. The van der Waals surface area contributed by atoms with Crippen LogP contribution >= 0.6 is 0 Å². The molecule has 0 fully saturated rings. The third kappa shape index (κ3) is 2.20. The molecule has 0 spiro atoms. The highest BCUT2D eigenvalue weighted by molar-refractivity contribution is 5.99. The number of hydrogen-bond donors (Lipinski definition) is 2. The predicted molar refractivity (Wildman–Crippen MR) is 49.2 cm³/mol. The van der Waals surface area contributed by atoms with Crippen LogP contribution in [0.25, 0.3) is 0 Å². The van der Waals surface area contributed by atoms with E-state index in [4.69, 9.17) is 5.73 Å². The number of carbonyl (C=O) groups is 1. The summed E-state index contributed by atoms with van der Waals surface area (Å²) in [7, 11) is 1.32. The third-order valence-corrected chi connectivity index (χ3v) is 1.88. The van der Waals surface area contributed by atoms with Gasteiger partial charge in [-0.1, -0.05) is 6.07 Å². The van der Waals surface area contributed by atoms with Crippen molar-refractivity contribution in [3.63, 3.8) is 0 Å². The zero-order valence-corrected chi connectivity index (χ0v) is 7.85. The molecule has 0 saturated carbocycles. The number of hydrogen-bond acceptors (Lipinski definition) is 2. The average molecular weight is 218 g/mol. The Morgan fingerprint density at radius 2 is 2.00 bits per heavy atom. The van der Waals surface area contributed by atoms with E-state index in [1.807, 2.05) is 0 Å². The normalized spacial score (nSPS) is 11.2. The molecular weight excluding hydrogens is 209 g/mol. The van der Waals surface area contributed by atoms with E-state index < -0.39 is 23.3 Å². The Bertz CT molecular complexity index is 387. The Morgan fingerprint density at radius 3 is 2.47 bits per heavy atom. The van der Waals surface area contributed by atoms with Gasteiger partial charge in [0.25, 0.3) is 5.91 Å². The molecule has 0 aliphatic carbocycles. The Hall–Kier alpha value is -1.72. The highest BCUT2D eigenvalue weighted by Gasteiger charge is 2.34. The molecule has 0 aliphatic heterocycles. The molecule has 1 aromatic rings. The van der Waals surface area contributed by atoms with Gasteiger partial charge in [-0.25, -0.2) is 0 Å². The summed E-state index contributed by atoms with van der Waals surface area (Å²) in [4.78, 5) is 11.2. The highest BCUT2D eigenvalue weighted by Crippen LogP contribution is 2.34. The van der Waals surface area contributed by atoms with Gasteiger partial charge in [-0.3, -0.25) is 4.79 Å². The molecule has 3 N–H and O–H groups in total. The number of anilines is 1. The lowest BCUT2D eigenvalue weighted by Crippen LogP contribution is -2.21. The van der Waals surface area contributed by atoms with Gasteiger partial charge in [-0.05, 0) is 12.1 Å². The second-order valence-electron chi connectivity index (χ2n) is 2.84. The lowest BCUT2D eigenvalue weighted by Gasteiger charge is -2.12. The molecule has 0 bridgehead atoms. The van der Waals surface area contributed by atoms with E-state index in [1.54, 1.807) is 0 Å². The van der Waals surface area contributed by atoms with Gasteiger partial charge in [0.2, 0.25) is 0 Å². The van der Waals surface area contributed by atoms with Gasteiger partial charge in [0, 0.05) is 7.05 Å². The maximum absolute atomic E-state index is 12.4. The molecule has 0 atom stereocenters. The van der Waals surface area contributed by atoms with Crippen molar-refractivity contribution in [2.45, 2.75) is 6.18 Å². The fourth-order valence-corrected chi connectivity index (χ4v) is 1.15. The number of alkyl halides is 3. The number of para-hydroxylation sites is 1. The Balaban J connectivity index is 3.30. The van der Waals surface area contributed by atoms with Crippen molar-refractivity contribution in [2.75, 3.05) is 12.8 Å². The fraction of sp³-hybridized carbons (Fsp3) is 0.222.